The second kappa shape index (κ2) is 5.74. The third-order valence-electron chi connectivity index (χ3n) is 2.31. The predicted octanol–water partition coefficient (Wildman–Crippen LogP) is 5.01. The van der Waals surface area contributed by atoms with E-state index in [4.69, 9.17) is 23.2 Å². The lowest BCUT2D eigenvalue weighted by molar-refractivity contribution is 0.102. The van der Waals surface area contributed by atoms with E-state index < -0.39 is 0 Å². The van der Waals surface area contributed by atoms with E-state index in [1.807, 2.05) is 0 Å². The number of carbonyl (C=O) groups is 1. The van der Waals surface area contributed by atoms with Crippen LogP contribution in [0, 0.1) is 0 Å². The summed E-state index contributed by atoms with van der Waals surface area (Å²) in [6.45, 7) is 0. The molecule has 0 aromatic heterocycles. The number of halogens is 3. The number of hydrogen-bond donors (Lipinski definition) is 1. The van der Waals surface area contributed by atoms with Gasteiger partial charge < -0.3 is 5.32 Å². The summed E-state index contributed by atoms with van der Waals surface area (Å²) >= 11 is 15.3. The maximum Gasteiger partial charge on any atom is 0.255 e. The topological polar surface area (TPSA) is 29.1 Å². The Labute approximate surface area is 123 Å². The number of anilines is 1. The lowest BCUT2D eigenvalue weighted by Crippen LogP contribution is -2.12. The Hall–Kier alpha value is -1.03. The molecule has 0 fully saturated rings. The van der Waals surface area contributed by atoms with E-state index in [-0.39, 0.29) is 5.91 Å². The van der Waals surface area contributed by atoms with Crippen LogP contribution in [0.2, 0.25) is 10.0 Å². The van der Waals surface area contributed by atoms with E-state index in [1.54, 1.807) is 42.5 Å². The quantitative estimate of drug-likeness (QED) is 0.815. The van der Waals surface area contributed by atoms with Gasteiger partial charge in [-0.15, -0.1) is 0 Å². The van der Waals surface area contributed by atoms with Crippen LogP contribution in [0.15, 0.2) is 46.9 Å². The molecule has 0 radical (unpaired) electrons. The van der Waals surface area contributed by atoms with Crippen LogP contribution < -0.4 is 5.32 Å². The highest BCUT2D eigenvalue weighted by Gasteiger charge is 2.11. The molecule has 2 rings (SSSR count). The van der Waals surface area contributed by atoms with Crippen LogP contribution in [0.5, 0.6) is 0 Å². The first-order valence-corrected chi connectivity index (χ1v) is 6.64. The molecule has 0 saturated heterocycles. The molecule has 5 heteroatoms. The normalized spacial score (nSPS) is 10.2. The van der Waals surface area contributed by atoms with Crippen LogP contribution in [-0.2, 0) is 0 Å². The summed E-state index contributed by atoms with van der Waals surface area (Å²) in [7, 11) is 0. The minimum atomic E-state index is -0.252. The molecular weight excluding hydrogens is 337 g/mol. The fourth-order valence-corrected chi connectivity index (χ4v) is 2.16. The van der Waals surface area contributed by atoms with Gasteiger partial charge >= 0.3 is 0 Å². The van der Waals surface area contributed by atoms with Crippen molar-refractivity contribution >= 4 is 50.7 Å². The molecule has 18 heavy (non-hydrogen) atoms. The highest BCUT2D eigenvalue weighted by atomic mass is 79.9. The molecule has 0 saturated carbocycles. The zero-order chi connectivity index (χ0) is 13.1. The zero-order valence-electron chi connectivity index (χ0n) is 9.08. The van der Waals surface area contributed by atoms with Gasteiger partial charge in [0.15, 0.2) is 0 Å². The molecule has 1 amide bonds. The van der Waals surface area contributed by atoms with Gasteiger partial charge in [-0.1, -0.05) is 45.2 Å². The second-order valence-electron chi connectivity index (χ2n) is 3.56. The molecule has 0 aliphatic heterocycles. The molecule has 2 aromatic carbocycles. The number of benzene rings is 2. The Bertz CT molecular complexity index is 564. The molecule has 0 bridgehead atoms. The Morgan fingerprint density at radius 1 is 1.00 bits per heavy atom. The first-order valence-electron chi connectivity index (χ1n) is 5.09. The van der Waals surface area contributed by atoms with Gasteiger partial charge in [-0.25, -0.2) is 0 Å². The van der Waals surface area contributed by atoms with Crippen LogP contribution in [0.4, 0.5) is 5.69 Å². The van der Waals surface area contributed by atoms with Crippen molar-refractivity contribution in [1.29, 1.82) is 0 Å². The molecule has 0 unspecified atom stereocenters. The second-order valence-corrected chi connectivity index (χ2v) is 5.29. The third kappa shape index (κ3) is 3.05. The molecule has 0 spiro atoms. The highest BCUT2D eigenvalue weighted by Crippen LogP contribution is 2.30. The SMILES string of the molecule is O=C(Nc1c(Cl)cccc1Cl)c1ccc(Br)cc1. The number of hydrogen-bond acceptors (Lipinski definition) is 1. The van der Waals surface area contributed by atoms with Gasteiger partial charge in [0.05, 0.1) is 15.7 Å². The van der Waals surface area contributed by atoms with Crippen molar-refractivity contribution in [1.82, 2.24) is 0 Å². The van der Waals surface area contributed by atoms with Crippen molar-refractivity contribution in [3.05, 3.63) is 62.5 Å². The summed E-state index contributed by atoms with van der Waals surface area (Å²) in [5.41, 5.74) is 0.961. The smallest absolute Gasteiger partial charge is 0.255 e. The zero-order valence-corrected chi connectivity index (χ0v) is 12.2. The average Bonchev–Trinajstić information content (AvgIpc) is 2.34. The van der Waals surface area contributed by atoms with Crippen molar-refractivity contribution in [2.75, 3.05) is 5.32 Å². The fraction of sp³-hybridized carbons (Fsp3) is 0. The van der Waals surface area contributed by atoms with E-state index in [2.05, 4.69) is 21.2 Å². The Morgan fingerprint density at radius 3 is 2.11 bits per heavy atom. The van der Waals surface area contributed by atoms with Crippen LogP contribution in [0.1, 0.15) is 10.4 Å². The summed E-state index contributed by atoms with van der Waals surface area (Å²) in [6.07, 6.45) is 0. The number of para-hydroxylation sites is 1. The van der Waals surface area contributed by atoms with Crippen molar-refractivity contribution in [3.63, 3.8) is 0 Å². The van der Waals surface area contributed by atoms with E-state index in [1.165, 1.54) is 0 Å². The highest BCUT2D eigenvalue weighted by molar-refractivity contribution is 9.10. The van der Waals surface area contributed by atoms with E-state index in [0.29, 0.717) is 21.3 Å². The van der Waals surface area contributed by atoms with Gasteiger partial charge in [-0.3, -0.25) is 4.79 Å². The van der Waals surface area contributed by atoms with Crippen LogP contribution >= 0.6 is 39.1 Å². The van der Waals surface area contributed by atoms with Gasteiger partial charge in [0.25, 0.3) is 5.91 Å². The van der Waals surface area contributed by atoms with Gasteiger partial charge in [-0.05, 0) is 36.4 Å². The largest absolute Gasteiger partial charge is 0.319 e. The van der Waals surface area contributed by atoms with E-state index in [9.17, 15) is 4.79 Å². The molecule has 92 valence electrons. The monoisotopic (exact) mass is 343 g/mol. The molecule has 0 atom stereocenters. The molecule has 1 N–H and O–H groups in total. The summed E-state index contributed by atoms with van der Waals surface area (Å²) in [5, 5.41) is 3.52. The number of nitrogens with one attached hydrogen (secondary N) is 1. The van der Waals surface area contributed by atoms with Crippen LogP contribution in [0.25, 0.3) is 0 Å². The summed E-state index contributed by atoms with van der Waals surface area (Å²) in [6, 6.07) is 12.1. The van der Waals surface area contributed by atoms with Crippen molar-refractivity contribution in [2.45, 2.75) is 0 Å². The molecular formula is C13H8BrCl2NO. The van der Waals surface area contributed by atoms with Gasteiger partial charge in [-0.2, -0.15) is 0 Å². The number of carbonyl (C=O) groups excluding carboxylic acids is 1. The fourth-order valence-electron chi connectivity index (χ4n) is 1.40. The lowest BCUT2D eigenvalue weighted by atomic mass is 10.2. The van der Waals surface area contributed by atoms with Gasteiger partial charge in [0.1, 0.15) is 0 Å². The Balaban J connectivity index is 2.24. The standard InChI is InChI=1S/C13H8BrCl2NO/c14-9-6-4-8(5-7-9)13(18)17-12-10(15)2-1-3-11(12)16/h1-7H,(H,17,18). The van der Waals surface area contributed by atoms with Crippen molar-refractivity contribution < 1.29 is 4.79 Å². The maximum absolute atomic E-state index is 12.0. The minimum absolute atomic E-state index is 0.252. The number of amides is 1. The van der Waals surface area contributed by atoms with E-state index in [0.717, 1.165) is 4.47 Å². The van der Waals surface area contributed by atoms with Crippen LogP contribution in [0.3, 0.4) is 0 Å². The predicted molar refractivity (Wildman–Crippen MR) is 78.6 cm³/mol. The van der Waals surface area contributed by atoms with Crippen LogP contribution in [-0.4, -0.2) is 5.91 Å². The molecule has 2 aromatic rings. The Morgan fingerprint density at radius 2 is 1.56 bits per heavy atom. The summed E-state index contributed by atoms with van der Waals surface area (Å²) in [5.74, 6) is -0.252. The van der Waals surface area contributed by atoms with Crippen molar-refractivity contribution in [3.8, 4) is 0 Å². The lowest BCUT2D eigenvalue weighted by Gasteiger charge is -2.09. The molecule has 2 nitrogen and oxygen atoms in total. The van der Waals surface area contributed by atoms with Crippen molar-refractivity contribution in [2.24, 2.45) is 0 Å². The first-order chi connectivity index (χ1) is 8.58. The molecule has 0 heterocycles. The Kier molecular flexibility index (Phi) is 4.27. The molecule has 0 aliphatic carbocycles. The molecule has 0 aliphatic rings. The van der Waals surface area contributed by atoms with Gasteiger partial charge in [0.2, 0.25) is 0 Å². The average molecular weight is 345 g/mol. The number of rotatable bonds is 2. The van der Waals surface area contributed by atoms with Gasteiger partial charge in [0, 0.05) is 10.0 Å². The maximum atomic E-state index is 12.0. The summed E-state index contributed by atoms with van der Waals surface area (Å²) in [4.78, 5) is 12.0. The summed E-state index contributed by atoms with van der Waals surface area (Å²) < 4.78 is 0.912. The van der Waals surface area contributed by atoms with E-state index >= 15 is 0 Å². The first kappa shape index (κ1) is 13.4. The third-order valence-corrected chi connectivity index (χ3v) is 3.47. The minimum Gasteiger partial charge on any atom is -0.319 e.